The van der Waals surface area contributed by atoms with Crippen LogP contribution in [0.15, 0.2) is 0 Å². The number of carbonyl (C=O) groups excluding carboxylic acids is 2. The summed E-state index contributed by atoms with van der Waals surface area (Å²) < 4.78 is 25.9. The number of sulfonamides is 1. The Balaban J connectivity index is 1.95. The highest BCUT2D eigenvalue weighted by molar-refractivity contribution is 8.00. The molecule has 114 valence electrons. The normalized spacial score (nSPS) is 24.2. The van der Waals surface area contributed by atoms with Gasteiger partial charge < -0.3 is 9.80 Å². The fourth-order valence-corrected chi connectivity index (χ4v) is 4.48. The first kappa shape index (κ1) is 15.6. The minimum atomic E-state index is -3.35. The van der Waals surface area contributed by atoms with Crippen molar-refractivity contribution < 1.29 is 18.0 Å². The fourth-order valence-electron chi connectivity index (χ4n) is 2.39. The molecule has 0 bridgehead atoms. The molecule has 2 rings (SSSR count). The van der Waals surface area contributed by atoms with Crippen molar-refractivity contribution in [2.45, 2.75) is 18.1 Å². The molecule has 0 aromatic heterocycles. The number of thioether (sulfide) groups is 1. The lowest BCUT2D eigenvalue weighted by Gasteiger charge is -2.33. The van der Waals surface area contributed by atoms with E-state index < -0.39 is 15.3 Å². The molecular formula is C11H19N3O4S2. The van der Waals surface area contributed by atoms with Crippen molar-refractivity contribution in [2.75, 3.05) is 38.3 Å². The van der Waals surface area contributed by atoms with Crippen LogP contribution in [0.25, 0.3) is 0 Å². The third-order valence-corrected chi connectivity index (χ3v) is 6.38. The predicted octanol–water partition coefficient (Wildman–Crippen LogP) is -0.940. The lowest BCUT2D eigenvalue weighted by molar-refractivity contribution is -0.138. The Bertz CT molecular complexity index is 494. The SMILES string of the molecule is CNS(=O)(=O)C1CCCN(C(=O)CN2CSCC2=O)C1. The van der Waals surface area contributed by atoms with Crippen molar-refractivity contribution >= 4 is 33.6 Å². The maximum absolute atomic E-state index is 12.2. The van der Waals surface area contributed by atoms with Crippen molar-refractivity contribution in [3.05, 3.63) is 0 Å². The van der Waals surface area contributed by atoms with E-state index in [-0.39, 0.29) is 24.9 Å². The van der Waals surface area contributed by atoms with Gasteiger partial charge in [-0.3, -0.25) is 9.59 Å². The van der Waals surface area contributed by atoms with E-state index in [0.717, 1.165) is 0 Å². The number of rotatable bonds is 4. The summed E-state index contributed by atoms with van der Waals surface area (Å²) in [4.78, 5) is 26.7. The second-order valence-corrected chi connectivity index (χ2v) is 8.04. The number of hydrogen-bond donors (Lipinski definition) is 1. The van der Waals surface area contributed by atoms with Crippen LogP contribution < -0.4 is 4.72 Å². The molecule has 0 aromatic carbocycles. The third-order valence-electron chi connectivity index (χ3n) is 3.61. The van der Waals surface area contributed by atoms with Gasteiger partial charge in [-0.1, -0.05) is 0 Å². The van der Waals surface area contributed by atoms with E-state index in [9.17, 15) is 18.0 Å². The molecule has 0 aliphatic carbocycles. The topological polar surface area (TPSA) is 86.8 Å². The first-order valence-corrected chi connectivity index (χ1v) is 9.20. The molecule has 0 aromatic rings. The van der Waals surface area contributed by atoms with Gasteiger partial charge in [-0.2, -0.15) is 0 Å². The highest BCUT2D eigenvalue weighted by Crippen LogP contribution is 2.18. The van der Waals surface area contributed by atoms with Crippen molar-refractivity contribution in [3.63, 3.8) is 0 Å². The van der Waals surface area contributed by atoms with E-state index in [4.69, 9.17) is 0 Å². The van der Waals surface area contributed by atoms with Gasteiger partial charge in [0.05, 0.1) is 16.9 Å². The molecule has 0 saturated carbocycles. The summed E-state index contributed by atoms with van der Waals surface area (Å²) in [5.74, 6) is 0.761. The van der Waals surface area contributed by atoms with Crippen molar-refractivity contribution in [1.29, 1.82) is 0 Å². The molecule has 0 spiro atoms. The van der Waals surface area contributed by atoms with Crippen molar-refractivity contribution in [1.82, 2.24) is 14.5 Å². The summed E-state index contributed by atoms with van der Waals surface area (Å²) in [5.41, 5.74) is 0. The van der Waals surface area contributed by atoms with E-state index in [2.05, 4.69) is 4.72 Å². The Kier molecular flexibility index (Phi) is 4.92. The smallest absolute Gasteiger partial charge is 0.242 e. The molecule has 2 fully saturated rings. The minimum absolute atomic E-state index is 0.0280. The summed E-state index contributed by atoms with van der Waals surface area (Å²) in [5, 5.41) is -0.561. The number of carbonyl (C=O) groups is 2. The van der Waals surface area contributed by atoms with Crippen LogP contribution in [0.4, 0.5) is 0 Å². The Morgan fingerprint density at radius 3 is 2.85 bits per heavy atom. The number of nitrogens with one attached hydrogen (secondary N) is 1. The Labute approximate surface area is 123 Å². The second-order valence-electron chi connectivity index (χ2n) is 4.92. The van der Waals surface area contributed by atoms with E-state index in [1.807, 2.05) is 0 Å². The summed E-state index contributed by atoms with van der Waals surface area (Å²) in [7, 11) is -1.97. The van der Waals surface area contributed by atoms with Gasteiger partial charge in [0, 0.05) is 13.1 Å². The molecule has 2 heterocycles. The van der Waals surface area contributed by atoms with E-state index in [0.29, 0.717) is 31.0 Å². The third kappa shape index (κ3) is 3.44. The molecule has 1 atom stereocenters. The molecule has 2 amide bonds. The van der Waals surface area contributed by atoms with Gasteiger partial charge in [-0.15, -0.1) is 11.8 Å². The molecule has 9 heteroatoms. The zero-order valence-corrected chi connectivity index (χ0v) is 13.0. The van der Waals surface area contributed by atoms with E-state index >= 15 is 0 Å². The molecule has 7 nitrogen and oxygen atoms in total. The number of piperidine rings is 1. The Morgan fingerprint density at radius 2 is 2.25 bits per heavy atom. The van der Waals surface area contributed by atoms with Crippen LogP contribution in [0.1, 0.15) is 12.8 Å². The number of nitrogens with zero attached hydrogens (tertiary/aromatic N) is 2. The standard InChI is InChI=1S/C11H19N3O4S2/c1-12-20(17,18)9-3-2-4-13(5-9)10(15)6-14-8-19-7-11(14)16/h9,12H,2-8H2,1H3. The average Bonchev–Trinajstić information content (AvgIpc) is 2.84. The second kappa shape index (κ2) is 6.31. The van der Waals surface area contributed by atoms with Gasteiger partial charge in [-0.25, -0.2) is 13.1 Å². The largest absolute Gasteiger partial charge is 0.340 e. The van der Waals surface area contributed by atoms with Gasteiger partial charge in [0.2, 0.25) is 21.8 Å². The van der Waals surface area contributed by atoms with Gasteiger partial charge in [-0.05, 0) is 19.9 Å². The lowest BCUT2D eigenvalue weighted by Crippen LogP contribution is -2.50. The number of hydrogen-bond acceptors (Lipinski definition) is 5. The monoisotopic (exact) mass is 321 g/mol. The van der Waals surface area contributed by atoms with Crippen LogP contribution in [-0.4, -0.2) is 73.6 Å². The average molecular weight is 321 g/mol. The molecule has 2 aliphatic rings. The van der Waals surface area contributed by atoms with Gasteiger partial charge in [0.15, 0.2) is 0 Å². The summed E-state index contributed by atoms with van der Waals surface area (Å²) in [6, 6.07) is 0. The molecular weight excluding hydrogens is 302 g/mol. The zero-order valence-electron chi connectivity index (χ0n) is 11.4. The predicted molar refractivity (Wildman–Crippen MR) is 76.6 cm³/mol. The number of amides is 2. The molecule has 0 radical (unpaired) electrons. The van der Waals surface area contributed by atoms with Gasteiger partial charge >= 0.3 is 0 Å². The highest BCUT2D eigenvalue weighted by atomic mass is 32.2. The maximum atomic E-state index is 12.2. The highest BCUT2D eigenvalue weighted by Gasteiger charge is 2.33. The molecule has 1 N–H and O–H groups in total. The van der Waals surface area contributed by atoms with Crippen molar-refractivity contribution in [2.24, 2.45) is 0 Å². The lowest BCUT2D eigenvalue weighted by atomic mass is 10.1. The first-order valence-electron chi connectivity index (χ1n) is 6.49. The van der Waals surface area contributed by atoms with Gasteiger partial charge in [0.1, 0.15) is 6.54 Å². The summed E-state index contributed by atoms with van der Waals surface area (Å²) >= 11 is 1.49. The molecule has 2 saturated heterocycles. The summed E-state index contributed by atoms with van der Waals surface area (Å²) in [6.07, 6.45) is 1.23. The van der Waals surface area contributed by atoms with Crippen LogP contribution in [0.2, 0.25) is 0 Å². The van der Waals surface area contributed by atoms with Crippen molar-refractivity contribution in [3.8, 4) is 0 Å². The van der Waals surface area contributed by atoms with Crippen LogP contribution in [0.3, 0.4) is 0 Å². The van der Waals surface area contributed by atoms with Crippen LogP contribution in [0, 0.1) is 0 Å². The fraction of sp³-hybridized carbons (Fsp3) is 0.818. The van der Waals surface area contributed by atoms with Crippen LogP contribution >= 0.6 is 11.8 Å². The van der Waals surface area contributed by atoms with Crippen LogP contribution in [-0.2, 0) is 19.6 Å². The van der Waals surface area contributed by atoms with Gasteiger partial charge in [0.25, 0.3) is 0 Å². The van der Waals surface area contributed by atoms with E-state index in [1.54, 1.807) is 4.90 Å². The quantitative estimate of drug-likeness (QED) is 0.722. The first-order chi connectivity index (χ1) is 9.44. The van der Waals surface area contributed by atoms with Crippen LogP contribution in [0.5, 0.6) is 0 Å². The summed E-state index contributed by atoms with van der Waals surface area (Å²) in [6.45, 7) is 0.819. The molecule has 20 heavy (non-hydrogen) atoms. The van der Waals surface area contributed by atoms with E-state index in [1.165, 1.54) is 23.7 Å². The maximum Gasteiger partial charge on any atom is 0.242 e. The zero-order chi connectivity index (χ0) is 14.8. The number of likely N-dealkylation sites (tertiary alicyclic amines) is 1. The Morgan fingerprint density at radius 1 is 1.50 bits per heavy atom. The molecule has 2 aliphatic heterocycles. The minimum Gasteiger partial charge on any atom is -0.340 e. The Hall–Kier alpha value is -0.800. The molecule has 1 unspecified atom stereocenters.